The molecule has 4 heteroatoms. The molecular weight excluding hydrogens is 248 g/mol. The fourth-order valence-corrected chi connectivity index (χ4v) is 2.95. The molecule has 1 fully saturated rings. The second kappa shape index (κ2) is 5.19. The number of hydrogen-bond acceptors (Lipinski definition) is 3. The van der Waals surface area contributed by atoms with Crippen LogP contribution < -0.4 is 5.32 Å². The van der Waals surface area contributed by atoms with Crippen LogP contribution in [0.4, 0.5) is 6.01 Å². The van der Waals surface area contributed by atoms with Crippen LogP contribution in [0.25, 0.3) is 11.1 Å². The van der Waals surface area contributed by atoms with E-state index in [1.807, 2.05) is 24.3 Å². The van der Waals surface area contributed by atoms with Gasteiger partial charge in [-0.15, -0.1) is 11.6 Å². The van der Waals surface area contributed by atoms with Gasteiger partial charge in [-0.3, -0.25) is 0 Å². The van der Waals surface area contributed by atoms with E-state index in [1.54, 1.807) is 0 Å². The van der Waals surface area contributed by atoms with Crippen molar-refractivity contribution < 1.29 is 4.42 Å². The predicted octanol–water partition coefficient (Wildman–Crippen LogP) is 4.04. The Labute approximate surface area is 112 Å². The van der Waals surface area contributed by atoms with Crippen LogP contribution in [0.15, 0.2) is 28.7 Å². The fraction of sp³-hybridized carbons (Fsp3) is 0.500. The summed E-state index contributed by atoms with van der Waals surface area (Å²) in [6.07, 6.45) is 4.76. The number of fused-ring (bicyclic) bond motifs is 1. The molecule has 0 saturated heterocycles. The molecule has 2 aromatic rings. The van der Waals surface area contributed by atoms with Crippen LogP contribution in [0.1, 0.15) is 25.7 Å². The first-order chi connectivity index (χ1) is 8.85. The van der Waals surface area contributed by atoms with E-state index in [1.165, 1.54) is 19.3 Å². The lowest BCUT2D eigenvalue weighted by molar-refractivity contribution is 0.357. The van der Waals surface area contributed by atoms with Crippen LogP contribution in [0.5, 0.6) is 0 Å². The molecule has 1 N–H and O–H groups in total. The van der Waals surface area contributed by atoms with Crippen LogP contribution in [-0.2, 0) is 0 Å². The van der Waals surface area contributed by atoms with Crippen molar-refractivity contribution in [3.8, 4) is 0 Å². The van der Waals surface area contributed by atoms with Gasteiger partial charge in [0.15, 0.2) is 5.58 Å². The lowest BCUT2D eigenvalue weighted by Gasteiger charge is -2.27. The smallest absolute Gasteiger partial charge is 0.295 e. The normalized spacial score (nSPS) is 24.3. The van der Waals surface area contributed by atoms with E-state index >= 15 is 0 Å². The highest BCUT2D eigenvalue weighted by Gasteiger charge is 2.22. The molecule has 18 heavy (non-hydrogen) atoms. The van der Waals surface area contributed by atoms with E-state index in [-0.39, 0.29) is 0 Å². The van der Waals surface area contributed by atoms with E-state index in [4.69, 9.17) is 16.0 Å². The van der Waals surface area contributed by atoms with Crippen molar-refractivity contribution in [1.82, 2.24) is 4.98 Å². The van der Waals surface area contributed by atoms with Gasteiger partial charge in [-0.25, -0.2) is 0 Å². The zero-order valence-electron chi connectivity index (χ0n) is 10.2. The van der Waals surface area contributed by atoms with E-state index in [0.717, 1.165) is 23.4 Å². The quantitative estimate of drug-likeness (QED) is 0.851. The van der Waals surface area contributed by atoms with Gasteiger partial charge in [0, 0.05) is 11.9 Å². The Morgan fingerprint density at radius 3 is 3.06 bits per heavy atom. The zero-order chi connectivity index (χ0) is 12.4. The summed E-state index contributed by atoms with van der Waals surface area (Å²) in [5.74, 6) is 1.38. The van der Waals surface area contributed by atoms with Gasteiger partial charge in [-0.2, -0.15) is 4.98 Å². The Morgan fingerprint density at radius 2 is 2.22 bits per heavy atom. The number of halogens is 1. The largest absolute Gasteiger partial charge is 0.424 e. The molecule has 2 atom stereocenters. The Hall–Kier alpha value is -1.22. The fourth-order valence-electron chi connectivity index (χ4n) is 2.67. The average molecular weight is 265 g/mol. The number of hydrogen-bond donors (Lipinski definition) is 1. The lowest BCUT2D eigenvalue weighted by Crippen LogP contribution is -2.28. The summed E-state index contributed by atoms with van der Waals surface area (Å²) in [4.78, 5) is 4.45. The predicted molar refractivity (Wildman–Crippen MR) is 74.1 cm³/mol. The molecule has 0 radical (unpaired) electrons. The maximum Gasteiger partial charge on any atom is 0.295 e. The molecule has 2 unspecified atom stereocenters. The first-order valence-corrected chi connectivity index (χ1v) is 7.06. The number of oxazole rings is 1. The Bertz CT molecular complexity index is 492. The summed E-state index contributed by atoms with van der Waals surface area (Å²) >= 11 is 5.95. The first-order valence-electron chi connectivity index (χ1n) is 6.53. The van der Waals surface area contributed by atoms with Crippen LogP contribution >= 0.6 is 11.6 Å². The topological polar surface area (TPSA) is 38.1 Å². The number of para-hydroxylation sites is 2. The zero-order valence-corrected chi connectivity index (χ0v) is 11.0. The highest BCUT2D eigenvalue weighted by atomic mass is 35.5. The van der Waals surface area contributed by atoms with Crippen molar-refractivity contribution in [1.29, 1.82) is 0 Å². The van der Waals surface area contributed by atoms with Crippen molar-refractivity contribution in [2.45, 2.75) is 31.7 Å². The standard InChI is InChI=1S/C14H17ClN2O/c15-9-10-4-3-5-11(8-10)16-14-17-12-6-1-2-7-13(12)18-14/h1-2,6-7,10-11H,3-5,8-9H2,(H,16,17). The van der Waals surface area contributed by atoms with Crippen molar-refractivity contribution in [3.05, 3.63) is 24.3 Å². The minimum Gasteiger partial charge on any atom is -0.424 e. The molecule has 1 aliphatic rings. The highest BCUT2D eigenvalue weighted by molar-refractivity contribution is 6.18. The lowest BCUT2D eigenvalue weighted by atomic mass is 9.87. The Balaban J connectivity index is 1.71. The third-order valence-electron chi connectivity index (χ3n) is 3.62. The van der Waals surface area contributed by atoms with Crippen molar-refractivity contribution >= 4 is 28.7 Å². The number of nitrogens with zero attached hydrogens (tertiary/aromatic N) is 1. The number of rotatable bonds is 3. The van der Waals surface area contributed by atoms with Gasteiger partial charge in [0.25, 0.3) is 6.01 Å². The molecule has 1 aliphatic carbocycles. The van der Waals surface area contributed by atoms with E-state index in [9.17, 15) is 0 Å². The summed E-state index contributed by atoms with van der Waals surface area (Å²) in [6.45, 7) is 0. The molecule has 3 nitrogen and oxygen atoms in total. The van der Waals surface area contributed by atoms with Gasteiger partial charge in [0.1, 0.15) is 5.52 Å². The van der Waals surface area contributed by atoms with Crippen LogP contribution in [0.2, 0.25) is 0 Å². The minimum atomic E-state index is 0.440. The van der Waals surface area contributed by atoms with Crippen molar-refractivity contribution in [2.24, 2.45) is 5.92 Å². The minimum absolute atomic E-state index is 0.440. The third-order valence-corrected chi connectivity index (χ3v) is 4.06. The molecule has 0 amide bonds. The Kier molecular flexibility index (Phi) is 3.41. The molecule has 3 rings (SSSR count). The van der Waals surface area contributed by atoms with Crippen LogP contribution in [0.3, 0.4) is 0 Å². The average Bonchev–Trinajstić information content (AvgIpc) is 2.81. The molecule has 1 heterocycles. The maximum absolute atomic E-state index is 5.95. The molecule has 1 aromatic heterocycles. The maximum atomic E-state index is 5.95. The molecule has 1 aromatic carbocycles. The summed E-state index contributed by atoms with van der Waals surface area (Å²) in [5.41, 5.74) is 1.74. The van der Waals surface area contributed by atoms with Gasteiger partial charge in [-0.05, 0) is 37.3 Å². The second-order valence-corrected chi connectivity index (χ2v) is 5.32. The van der Waals surface area contributed by atoms with Crippen LogP contribution in [-0.4, -0.2) is 16.9 Å². The number of benzene rings is 1. The molecule has 1 saturated carbocycles. The van der Waals surface area contributed by atoms with Gasteiger partial charge >= 0.3 is 0 Å². The summed E-state index contributed by atoms with van der Waals surface area (Å²) in [7, 11) is 0. The third kappa shape index (κ3) is 2.46. The molecule has 0 bridgehead atoms. The van der Waals surface area contributed by atoms with Crippen LogP contribution in [0, 0.1) is 5.92 Å². The van der Waals surface area contributed by atoms with E-state index < -0.39 is 0 Å². The first kappa shape index (κ1) is 11.8. The second-order valence-electron chi connectivity index (χ2n) is 5.01. The molecule has 0 spiro atoms. The summed E-state index contributed by atoms with van der Waals surface area (Å²) in [5, 5.41) is 3.40. The monoisotopic (exact) mass is 264 g/mol. The molecule has 96 valence electrons. The highest BCUT2D eigenvalue weighted by Crippen LogP contribution is 2.28. The van der Waals surface area contributed by atoms with E-state index in [0.29, 0.717) is 18.0 Å². The molecule has 0 aliphatic heterocycles. The molecular formula is C14H17ClN2O. The SMILES string of the molecule is ClCC1CCCC(Nc2nc3ccccc3o2)C1. The summed E-state index contributed by atoms with van der Waals surface area (Å²) in [6, 6.07) is 8.91. The van der Waals surface area contributed by atoms with Gasteiger partial charge in [-0.1, -0.05) is 18.6 Å². The van der Waals surface area contributed by atoms with E-state index in [2.05, 4.69) is 10.3 Å². The van der Waals surface area contributed by atoms with Crippen molar-refractivity contribution in [3.63, 3.8) is 0 Å². The number of aromatic nitrogens is 1. The van der Waals surface area contributed by atoms with Gasteiger partial charge in [0.2, 0.25) is 0 Å². The summed E-state index contributed by atoms with van der Waals surface area (Å²) < 4.78 is 5.68. The number of alkyl halides is 1. The van der Waals surface area contributed by atoms with Crippen molar-refractivity contribution in [2.75, 3.05) is 11.2 Å². The number of anilines is 1. The van der Waals surface area contributed by atoms with Gasteiger partial charge < -0.3 is 9.73 Å². The number of nitrogens with one attached hydrogen (secondary N) is 1. The Morgan fingerprint density at radius 1 is 1.33 bits per heavy atom. The van der Waals surface area contributed by atoms with Gasteiger partial charge in [0.05, 0.1) is 0 Å².